The van der Waals surface area contributed by atoms with Crippen molar-refractivity contribution >= 4 is 11.8 Å². The zero-order chi connectivity index (χ0) is 13.2. The van der Waals surface area contributed by atoms with Crippen LogP contribution in [0, 0.1) is 0 Å². The van der Waals surface area contributed by atoms with E-state index >= 15 is 0 Å². The van der Waals surface area contributed by atoms with Crippen molar-refractivity contribution in [1.29, 1.82) is 0 Å². The van der Waals surface area contributed by atoms with Crippen LogP contribution in [-0.2, 0) is 4.74 Å². The van der Waals surface area contributed by atoms with Crippen LogP contribution in [0.3, 0.4) is 0 Å². The first-order chi connectivity index (χ1) is 8.81. The first-order valence-electron chi connectivity index (χ1n) is 6.19. The molecule has 4 heteroatoms. The van der Waals surface area contributed by atoms with Crippen molar-refractivity contribution in [2.24, 2.45) is 0 Å². The lowest BCUT2D eigenvalue weighted by Crippen LogP contribution is -2.18. The average Bonchev–Trinajstić information content (AvgIpc) is 2.43. The van der Waals surface area contributed by atoms with Gasteiger partial charge < -0.3 is 14.8 Å². The number of ether oxygens (including phenoxy) is 2. The fourth-order valence-corrected chi connectivity index (χ4v) is 2.77. The van der Waals surface area contributed by atoms with Crippen LogP contribution in [0.5, 0.6) is 5.75 Å². The third kappa shape index (κ3) is 5.29. The molecule has 0 saturated heterocycles. The molecule has 102 valence electrons. The highest BCUT2D eigenvalue weighted by atomic mass is 32.2. The molecule has 0 bridgehead atoms. The fourth-order valence-electron chi connectivity index (χ4n) is 1.69. The zero-order valence-corrected chi connectivity index (χ0v) is 12.3. The SMILES string of the molecule is CNC(CSCCCOC)c1ccc(OC)cc1. The Morgan fingerprint density at radius 3 is 2.50 bits per heavy atom. The summed E-state index contributed by atoms with van der Waals surface area (Å²) < 4.78 is 10.2. The molecule has 0 radical (unpaired) electrons. The lowest BCUT2D eigenvalue weighted by Gasteiger charge is -2.16. The summed E-state index contributed by atoms with van der Waals surface area (Å²) in [5.74, 6) is 3.12. The molecule has 0 aliphatic rings. The molecule has 0 aromatic heterocycles. The number of nitrogens with one attached hydrogen (secondary N) is 1. The van der Waals surface area contributed by atoms with Crippen LogP contribution in [0.2, 0.25) is 0 Å². The van der Waals surface area contributed by atoms with Crippen molar-refractivity contribution in [3.63, 3.8) is 0 Å². The van der Waals surface area contributed by atoms with Gasteiger partial charge in [-0.05, 0) is 36.9 Å². The molecule has 1 aromatic carbocycles. The van der Waals surface area contributed by atoms with Crippen molar-refractivity contribution in [3.8, 4) is 5.75 Å². The van der Waals surface area contributed by atoms with Gasteiger partial charge >= 0.3 is 0 Å². The second-order valence-electron chi connectivity index (χ2n) is 4.04. The minimum Gasteiger partial charge on any atom is -0.497 e. The van der Waals surface area contributed by atoms with Crippen LogP contribution in [0.1, 0.15) is 18.0 Å². The maximum absolute atomic E-state index is 5.17. The Labute approximate surface area is 114 Å². The number of thioether (sulfide) groups is 1. The van der Waals surface area contributed by atoms with E-state index in [-0.39, 0.29) is 0 Å². The highest BCUT2D eigenvalue weighted by Crippen LogP contribution is 2.21. The summed E-state index contributed by atoms with van der Waals surface area (Å²) in [6.07, 6.45) is 1.11. The molecule has 0 amide bonds. The van der Waals surface area contributed by atoms with Crippen LogP contribution < -0.4 is 10.1 Å². The minimum absolute atomic E-state index is 0.392. The number of hydrogen-bond acceptors (Lipinski definition) is 4. The van der Waals surface area contributed by atoms with Crippen molar-refractivity contribution < 1.29 is 9.47 Å². The van der Waals surface area contributed by atoms with E-state index in [0.717, 1.165) is 30.3 Å². The Kier molecular flexibility index (Phi) is 7.89. The van der Waals surface area contributed by atoms with Gasteiger partial charge in [-0.3, -0.25) is 0 Å². The number of rotatable bonds is 9. The molecule has 3 nitrogen and oxygen atoms in total. The van der Waals surface area contributed by atoms with Crippen molar-refractivity contribution in [2.75, 3.05) is 39.4 Å². The predicted octanol–water partition coefficient (Wildman–Crippen LogP) is 2.73. The molecule has 0 heterocycles. The molecule has 0 saturated carbocycles. The molecular formula is C14H23NO2S. The van der Waals surface area contributed by atoms with Gasteiger partial charge in [0.15, 0.2) is 0 Å². The highest BCUT2D eigenvalue weighted by Gasteiger charge is 2.08. The van der Waals surface area contributed by atoms with Crippen molar-refractivity contribution in [1.82, 2.24) is 5.32 Å². The van der Waals surface area contributed by atoms with Crippen LogP contribution in [0.4, 0.5) is 0 Å². The topological polar surface area (TPSA) is 30.5 Å². The number of hydrogen-bond donors (Lipinski definition) is 1. The van der Waals surface area contributed by atoms with Gasteiger partial charge in [0.2, 0.25) is 0 Å². The molecular weight excluding hydrogens is 246 g/mol. The van der Waals surface area contributed by atoms with E-state index in [2.05, 4.69) is 17.4 Å². The average molecular weight is 269 g/mol. The Morgan fingerprint density at radius 2 is 1.94 bits per heavy atom. The lowest BCUT2D eigenvalue weighted by molar-refractivity contribution is 0.200. The molecule has 1 atom stereocenters. The predicted molar refractivity (Wildman–Crippen MR) is 78.6 cm³/mol. The van der Waals surface area contributed by atoms with Gasteiger partial charge in [-0.1, -0.05) is 12.1 Å². The Balaban J connectivity index is 2.39. The van der Waals surface area contributed by atoms with Gasteiger partial charge in [0.1, 0.15) is 5.75 Å². The summed E-state index contributed by atoms with van der Waals surface area (Å²) in [4.78, 5) is 0. The van der Waals surface area contributed by atoms with Crippen LogP contribution in [-0.4, -0.2) is 39.4 Å². The largest absolute Gasteiger partial charge is 0.497 e. The lowest BCUT2D eigenvalue weighted by atomic mass is 10.1. The Morgan fingerprint density at radius 1 is 1.22 bits per heavy atom. The summed E-state index contributed by atoms with van der Waals surface area (Å²) in [6.45, 7) is 0.847. The van der Waals surface area contributed by atoms with E-state index in [1.807, 2.05) is 30.9 Å². The smallest absolute Gasteiger partial charge is 0.118 e. The summed E-state index contributed by atoms with van der Waals surface area (Å²) in [7, 11) is 5.44. The first-order valence-corrected chi connectivity index (χ1v) is 7.35. The van der Waals surface area contributed by atoms with E-state index in [0.29, 0.717) is 6.04 Å². The second-order valence-corrected chi connectivity index (χ2v) is 5.19. The minimum atomic E-state index is 0.392. The molecule has 0 aliphatic heterocycles. The van der Waals surface area contributed by atoms with E-state index in [4.69, 9.17) is 9.47 Å². The molecule has 0 aliphatic carbocycles. The monoisotopic (exact) mass is 269 g/mol. The second kappa shape index (κ2) is 9.25. The van der Waals surface area contributed by atoms with E-state index in [1.54, 1.807) is 14.2 Å². The molecule has 0 fully saturated rings. The number of methoxy groups -OCH3 is 2. The standard InChI is InChI=1S/C14H23NO2S/c1-15-14(11-18-10-4-9-16-2)12-5-7-13(17-3)8-6-12/h5-8,14-15H,4,9-11H2,1-3H3. The third-order valence-electron chi connectivity index (χ3n) is 2.79. The quantitative estimate of drug-likeness (QED) is 0.698. The molecule has 0 spiro atoms. The third-order valence-corrected chi connectivity index (χ3v) is 3.93. The summed E-state index contributed by atoms with van der Waals surface area (Å²) in [6, 6.07) is 8.65. The fraction of sp³-hybridized carbons (Fsp3) is 0.571. The van der Waals surface area contributed by atoms with Gasteiger partial charge in [0, 0.05) is 25.5 Å². The first kappa shape index (κ1) is 15.3. The Bertz CT molecular complexity index is 316. The Hall–Kier alpha value is -0.710. The van der Waals surface area contributed by atoms with Gasteiger partial charge in [-0.25, -0.2) is 0 Å². The zero-order valence-electron chi connectivity index (χ0n) is 11.4. The maximum atomic E-state index is 5.17. The van der Waals surface area contributed by atoms with Crippen LogP contribution in [0.25, 0.3) is 0 Å². The normalized spacial score (nSPS) is 12.4. The van der Waals surface area contributed by atoms with Crippen molar-refractivity contribution in [3.05, 3.63) is 29.8 Å². The maximum Gasteiger partial charge on any atom is 0.118 e. The molecule has 1 N–H and O–H groups in total. The molecule has 18 heavy (non-hydrogen) atoms. The summed E-state index contributed by atoms with van der Waals surface area (Å²) in [5.41, 5.74) is 1.30. The summed E-state index contributed by atoms with van der Waals surface area (Å²) in [5, 5.41) is 3.35. The van der Waals surface area contributed by atoms with Gasteiger partial charge in [-0.2, -0.15) is 11.8 Å². The summed E-state index contributed by atoms with van der Waals surface area (Å²) >= 11 is 1.96. The van der Waals surface area contributed by atoms with E-state index in [1.165, 1.54) is 5.56 Å². The van der Waals surface area contributed by atoms with Crippen LogP contribution >= 0.6 is 11.8 Å². The van der Waals surface area contributed by atoms with E-state index in [9.17, 15) is 0 Å². The van der Waals surface area contributed by atoms with Gasteiger partial charge in [0.05, 0.1) is 7.11 Å². The van der Waals surface area contributed by atoms with Gasteiger partial charge in [0.25, 0.3) is 0 Å². The van der Waals surface area contributed by atoms with Crippen LogP contribution in [0.15, 0.2) is 24.3 Å². The molecule has 1 aromatic rings. The van der Waals surface area contributed by atoms with Gasteiger partial charge in [-0.15, -0.1) is 0 Å². The highest BCUT2D eigenvalue weighted by molar-refractivity contribution is 7.99. The molecule has 1 rings (SSSR count). The van der Waals surface area contributed by atoms with E-state index < -0.39 is 0 Å². The number of benzene rings is 1. The molecule has 1 unspecified atom stereocenters. The van der Waals surface area contributed by atoms with Crippen molar-refractivity contribution in [2.45, 2.75) is 12.5 Å².